The van der Waals surface area contributed by atoms with Crippen molar-refractivity contribution in [1.82, 2.24) is 5.32 Å². The lowest BCUT2D eigenvalue weighted by atomic mass is 9.88. The minimum atomic E-state index is -0.217. The molecule has 3 rings (SSSR count). The Labute approximate surface area is 138 Å². The molecule has 0 aliphatic carbocycles. The number of para-hydroxylation sites is 1. The Kier molecular flexibility index (Phi) is 5.07. The average molecular weight is 321 g/mol. The quantitative estimate of drug-likeness (QED) is 0.841. The molecule has 1 aromatic rings. The van der Waals surface area contributed by atoms with Crippen molar-refractivity contribution >= 4 is 11.4 Å². The molecule has 0 radical (unpaired) electrons. The van der Waals surface area contributed by atoms with Crippen LogP contribution in [-0.2, 0) is 4.74 Å². The SMILES string of the molecule is CC1COC(CC2CCN(c3c(N)cccc3F)CC2)C(C)N1. The third-order valence-corrected chi connectivity index (χ3v) is 5.18. The lowest BCUT2D eigenvalue weighted by Gasteiger charge is -2.39. The van der Waals surface area contributed by atoms with Crippen LogP contribution in [0.5, 0.6) is 0 Å². The summed E-state index contributed by atoms with van der Waals surface area (Å²) in [4.78, 5) is 2.09. The Balaban J connectivity index is 1.55. The Morgan fingerprint density at radius 2 is 2.04 bits per heavy atom. The zero-order chi connectivity index (χ0) is 16.4. The minimum Gasteiger partial charge on any atom is -0.397 e. The van der Waals surface area contributed by atoms with Crippen molar-refractivity contribution in [3.63, 3.8) is 0 Å². The molecule has 2 fully saturated rings. The average Bonchev–Trinajstić information content (AvgIpc) is 2.51. The first kappa shape index (κ1) is 16.5. The van der Waals surface area contributed by atoms with Crippen molar-refractivity contribution in [3.05, 3.63) is 24.0 Å². The number of nitrogens with zero attached hydrogens (tertiary/aromatic N) is 1. The summed E-state index contributed by atoms with van der Waals surface area (Å²) in [6.07, 6.45) is 3.51. The van der Waals surface area contributed by atoms with Gasteiger partial charge in [-0.2, -0.15) is 0 Å². The largest absolute Gasteiger partial charge is 0.397 e. The highest BCUT2D eigenvalue weighted by Crippen LogP contribution is 2.32. The molecule has 1 aromatic carbocycles. The van der Waals surface area contributed by atoms with Crippen LogP contribution in [0.1, 0.15) is 33.1 Å². The molecule has 4 nitrogen and oxygen atoms in total. The molecule has 2 saturated heterocycles. The molecule has 3 unspecified atom stereocenters. The highest BCUT2D eigenvalue weighted by Gasteiger charge is 2.30. The maximum atomic E-state index is 14.0. The lowest BCUT2D eigenvalue weighted by Crippen LogP contribution is -2.52. The van der Waals surface area contributed by atoms with Crippen LogP contribution in [0.15, 0.2) is 18.2 Å². The second-order valence-electron chi connectivity index (χ2n) is 7.07. The van der Waals surface area contributed by atoms with E-state index in [-0.39, 0.29) is 5.82 Å². The van der Waals surface area contributed by atoms with Crippen molar-refractivity contribution < 1.29 is 9.13 Å². The van der Waals surface area contributed by atoms with E-state index >= 15 is 0 Å². The summed E-state index contributed by atoms with van der Waals surface area (Å²) in [6.45, 7) is 6.88. The van der Waals surface area contributed by atoms with E-state index in [1.807, 2.05) is 0 Å². The molecular formula is C18H28FN3O. The number of piperidine rings is 1. The number of hydrogen-bond acceptors (Lipinski definition) is 4. The fourth-order valence-electron chi connectivity index (χ4n) is 3.88. The number of benzene rings is 1. The Hall–Kier alpha value is -1.33. The summed E-state index contributed by atoms with van der Waals surface area (Å²) in [5.74, 6) is 0.424. The van der Waals surface area contributed by atoms with E-state index in [2.05, 4.69) is 24.1 Å². The number of anilines is 2. The maximum absolute atomic E-state index is 14.0. The van der Waals surface area contributed by atoms with Crippen LogP contribution in [0.3, 0.4) is 0 Å². The molecule has 0 bridgehead atoms. The first-order chi connectivity index (χ1) is 11.0. The molecule has 2 aliphatic heterocycles. The number of hydrogen-bond donors (Lipinski definition) is 2. The van der Waals surface area contributed by atoms with Crippen molar-refractivity contribution in [2.24, 2.45) is 5.92 Å². The van der Waals surface area contributed by atoms with E-state index < -0.39 is 0 Å². The number of morpholine rings is 1. The van der Waals surface area contributed by atoms with Crippen LogP contribution in [0.2, 0.25) is 0 Å². The molecule has 3 N–H and O–H groups in total. The molecule has 0 amide bonds. The van der Waals surface area contributed by atoms with Crippen LogP contribution >= 0.6 is 0 Å². The van der Waals surface area contributed by atoms with Gasteiger partial charge in [-0.05, 0) is 51.2 Å². The molecule has 5 heteroatoms. The third-order valence-electron chi connectivity index (χ3n) is 5.18. The van der Waals surface area contributed by atoms with E-state index in [0.717, 1.165) is 39.0 Å². The van der Waals surface area contributed by atoms with Crippen LogP contribution in [0.4, 0.5) is 15.8 Å². The van der Waals surface area contributed by atoms with Gasteiger partial charge in [-0.15, -0.1) is 0 Å². The predicted molar refractivity (Wildman–Crippen MR) is 92.2 cm³/mol. The van der Waals surface area contributed by atoms with Gasteiger partial charge in [-0.1, -0.05) is 6.07 Å². The van der Waals surface area contributed by atoms with Crippen LogP contribution < -0.4 is 16.0 Å². The molecule has 2 aliphatic rings. The van der Waals surface area contributed by atoms with E-state index in [1.165, 1.54) is 6.07 Å². The predicted octanol–water partition coefficient (Wildman–Crippen LogP) is 2.78. The molecule has 0 saturated carbocycles. The van der Waals surface area contributed by atoms with Crippen molar-refractivity contribution in [2.45, 2.75) is 51.3 Å². The highest BCUT2D eigenvalue weighted by atomic mass is 19.1. The number of nitrogen functional groups attached to an aromatic ring is 1. The molecule has 0 aromatic heterocycles. The molecular weight excluding hydrogens is 293 g/mol. The molecule has 128 valence electrons. The number of halogens is 1. The summed E-state index contributed by atoms with van der Waals surface area (Å²) < 4.78 is 20.0. The molecule has 23 heavy (non-hydrogen) atoms. The van der Waals surface area contributed by atoms with Gasteiger partial charge in [-0.25, -0.2) is 4.39 Å². The maximum Gasteiger partial charge on any atom is 0.148 e. The number of nitrogens with one attached hydrogen (secondary N) is 1. The van der Waals surface area contributed by atoms with E-state index in [1.54, 1.807) is 12.1 Å². The van der Waals surface area contributed by atoms with E-state index in [0.29, 0.717) is 35.5 Å². The second kappa shape index (κ2) is 7.05. The van der Waals surface area contributed by atoms with Crippen molar-refractivity contribution in [2.75, 3.05) is 30.3 Å². The summed E-state index contributed by atoms with van der Waals surface area (Å²) in [5.41, 5.74) is 7.06. The Bertz CT molecular complexity index is 511. The zero-order valence-electron chi connectivity index (χ0n) is 14.1. The number of rotatable bonds is 3. The van der Waals surface area contributed by atoms with Gasteiger partial charge < -0.3 is 20.7 Å². The smallest absolute Gasteiger partial charge is 0.148 e. The van der Waals surface area contributed by atoms with E-state index in [4.69, 9.17) is 10.5 Å². The Morgan fingerprint density at radius 1 is 1.30 bits per heavy atom. The molecule has 2 heterocycles. The monoisotopic (exact) mass is 321 g/mol. The zero-order valence-corrected chi connectivity index (χ0v) is 14.1. The number of ether oxygens (including phenoxy) is 1. The topological polar surface area (TPSA) is 50.5 Å². The van der Waals surface area contributed by atoms with Gasteiger partial charge >= 0.3 is 0 Å². The fourth-order valence-corrected chi connectivity index (χ4v) is 3.88. The lowest BCUT2D eigenvalue weighted by molar-refractivity contribution is -0.0329. The van der Waals surface area contributed by atoms with Gasteiger partial charge in [0.1, 0.15) is 5.82 Å². The first-order valence-electron chi connectivity index (χ1n) is 8.71. The minimum absolute atomic E-state index is 0.217. The van der Waals surface area contributed by atoms with Crippen LogP contribution in [-0.4, -0.2) is 37.9 Å². The van der Waals surface area contributed by atoms with Gasteiger partial charge in [0.15, 0.2) is 0 Å². The van der Waals surface area contributed by atoms with Crippen LogP contribution in [0.25, 0.3) is 0 Å². The Morgan fingerprint density at radius 3 is 2.70 bits per heavy atom. The van der Waals surface area contributed by atoms with Gasteiger partial charge in [-0.3, -0.25) is 0 Å². The van der Waals surface area contributed by atoms with Gasteiger partial charge in [0.05, 0.1) is 24.1 Å². The summed E-state index contributed by atoms with van der Waals surface area (Å²) in [7, 11) is 0. The third kappa shape index (κ3) is 3.78. The highest BCUT2D eigenvalue weighted by molar-refractivity contribution is 5.68. The van der Waals surface area contributed by atoms with Gasteiger partial charge in [0.2, 0.25) is 0 Å². The number of nitrogens with two attached hydrogens (primary N) is 1. The van der Waals surface area contributed by atoms with Gasteiger partial charge in [0.25, 0.3) is 0 Å². The van der Waals surface area contributed by atoms with Gasteiger partial charge in [0, 0.05) is 25.2 Å². The molecule has 3 atom stereocenters. The van der Waals surface area contributed by atoms with Crippen molar-refractivity contribution in [1.29, 1.82) is 0 Å². The summed E-state index contributed by atoms with van der Waals surface area (Å²) in [6, 6.07) is 5.76. The summed E-state index contributed by atoms with van der Waals surface area (Å²) >= 11 is 0. The molecule has 0 spiro atoms. The second-order valence-corrected chi connectivity index (χ2v) is 7.07. The fraction of sp³-hybridized carbons (Fsp3) is 0.667. The first-order valence-corrected chi connectivity index (χ1v) is 8.71. The van der Waals surface area contributed by atoms with Crippen LogP contribution in [0, 0.1) is 11.7 Å². The van der Waals surface area contributed by atoms with Crippen molar-refractivity contribution in [3.8, 4) is 0 Å². The van der Waals surface area contributed by atoms with E-state index in [9.17, 15) is 4.39 Å². The normalized spacial score (nSPS) is 29.7. The standard InChI is InChI=1S/C18H28FN3O/c1-12-11-23-17(13(2)21-12)10-14-6-8-22(9-7-14)18-15(19)4-3-5-16(18)20/h3-5,12-14,17,21H,6-11,20H2,1-2H3. The summed E-state index contributed by atoms with van der Waals surface area (Å²) in [5, 5.41) is 3.57.